The molecule has 0 aliphatic carbocycles. The molecule has 0 aromatic carbocycles. The monoisotopic (exact) mass is 234 g/mol. The Morgan fingerprint density at radius 2 is 2.29 bits per heavy atom. The predicted octanol–water partition coefficient (Wildman–Crippen LogP) is 1.33. The third kappa shape index (κ3) is 2.21. The summed E-state index contributed by atoms with van der Waals surface area (Å²) >= 11 is 0. The third-order valence-electron chi connectivity index (χ3n) is 2.45. The molecule has 6 heteroatoms. The number of carbonyl (C=O) groups is 1. The molecular weight excluding hydrogens is 220 g/mol. The van der Waals surface area contributed by atoms with Gasteiger partial charge in [-0.15, -0.1) is 0 Å². The molecule has 0 atom stereocenters. The molecule has 2 heterocycles. The first-order valence-corrected chi connectivity index (χ1v) is 5.23. The molecule has 90 valence electrons. The molecule has 2 aromatic rings. The zero-order valence-corrected chi connectivity index (χ0v) is 9.70. The number of nitrogens with two attached hydrogens (primary N) is 1. The molecule has 0 bridgehead atoms. The van der Waals surface area contributed by atoms with Gasteiger partial charge in [-0.3, -0.25) is 9.89 Å². The number of furan rings is 1. The van der Waals surface area contributed by atoms with Crippen LogP contribution in [0.25, 0.3) is 0 Å². The van der Waals surface area contributed by atoms with Crippen LogP contribution in [0, 0.1) is 13.8 Å². The number of hydrogen-bond acceptors (Lipinski definition) is 4. The average Bonchev–Trinajstić information content (AvgIpc) is 2.90. The van der Waals surface area contributed by atoms with Crippen LogP contribution < -0.4 is 11.1 Å². The van der Waals surface area contributed by atoms with Crippen molar-refractivity contribution in [2.75, 3.05) is 5.32 Å². The molecule has 0 fully saturated rings. The number of nitrogens with zero attached hydrogens (tertiary/aromatic N) is 1. The van der Waals surface area contributed by atoms with Crippen LogP contribution in [0.2, 0.25) is 0 Å². The van der Waals surface area contributed by atoms with Crippen LogP contribution in [0.4, 0.5) is 5.69 Å². The van der Waals surface area contributed by atoms with Crippen molar-refractivity contribution in [1.82, 2.24) is 10.2 Å². The Labute approximate surface area is 98.2 Å². The number of aromatic amines is 1. The maximum Gasteiger partial charge on any atom is 0.291 e. The highest BCUT2D eigenvalue weighted by atomic mass is 16.4. The van der Waals surface area contributed by atoms with Crippen LogP contribution in [0.3, 0.4) is 0 Å². The molecule has 0 unspecified atom stereocenters. The van der Waals surface area contributed by atoms with Crippen LogP contribution in [0.15, 0.2) is 16.5 Å². The molecule has 4 N–H and O–H groups in total. The first-order chi connectivity index (χ1) is 8.11. The molecule has 0 spiro atoms. The summed E-state index contributed by atoms with van der Waals surface area (Å²) in [5.74, 6) is 0.513. The van der Waals surface area contributed by atoms with Crippen molar-refractivity contribution in [2.24, 2.45) is 5.73 Å². The number of aryl methyl sites for hydroxylation is 2. The third-order valence-corrected chi connectivity index (χ3v) is 2.45. The van der Waals surface area contributed by atoms with Crippen molar-refractivity contribution in [3.8, 4) is 0 Å². The van der Waals surface area contributed by atoms with Gasteiger partial charge in [0.05, 0.1) is 23.6 Å². The summed E-state index contributed by atoms with van der Waals surface area (Å²) in [6.07, 6.45) is 0. The lowest BCUT2D eigenvalue weighted by Gasteiger charge is -2.02. The Morgan fingerprint density at radius 3 is 2.82 bits per heavy atom. The Balaban J connectivity index is 2.17. The minimum atomic E-state index is -0.308. The van der Waals surface area contributed by atoms with E-state index in [2.05, 4.69) is 15.5 Å². The lowest BCUT2D eigenvalue weighted by Crippen LogP contribution is -2.12. The van der Waals surface area contributed by atoms with Gasteiger partial charge in [-0.25, -0.2) is 0 Å². The van der Waals surface area contributed by atoms with Gasteiger partial charge in [0.25, 0.3) is 5.91 Å². The van der Waals surface area contributed by atoms with Gasteiger partial charge in [0.1, 0.15) is 5.76 Å². The van der Waals surface area contributed by atoms with Crippen molar-refractivity contribution in [2.45, 2.75) is 20.4 Å². The molecule has 2 aromatic heterocycles. The second-order valence-corrected chi connectivity index (χ2v) is 3.73. The number of nitrogens with one attached hydrogen (secondary N) is 2. The number of carbonyl (C=O) groups excluding carboxylic acids is 1. The number of aromatic nitrogens is 2. The molecule has 0 aliphatic heterocycles. The van der Waals surface area contributed by atoms with E-state index < -0.39 is 0 Å². The van der Waals surface area contributed by atoms with Crippen LogP contribution >= 0.6 is 0 Å². The minimum Gasteiger partial charge on any atom is -0.455 e. The van der Waals surface area contributed by atoms with E-state index in [1.807, 2.05) is 13.8 Å². The van der Waals surface area contributed by atoms with Gasteiger partial charge < -0.3 is 15.5 Å². The van der Waals surface area contributed by atoms with E-state index in [0.29, 0.717) is 11.4 Å². The number of hydrogen-bond donors (Lipinski definition) is 3. The maximum atomic E-state index is 11.9. The van der Waals surface area contributed by atoms with Crippen molar-refractivity contribution in [3.63, 3.8) is 0 Å². The summed E-state index contributed by atoms with van der Waals surface area (Å²) in [5, 5.41) is 9.53. The molecular formula is C11H14N4O2. The van der Waals surface area contributed by atoms with Gasteiger partial charge in [-0.05, 0) is 26.0 Å². The van der Waals surface area contributed by atoms with Crippen LogP contribution in [-0.4, -0.2) is 16.1 Å². The summed E-state index contributed by atoms with van der Waals surface area (Å²) in [6, 6.07) is 3.28. The van der Waals surface area contributed by atoms with E-state index in [0.717, 1.165) is 11.4 Å². The fourth-order valence-electron chi connectivity index (χ4n) is 1.52. The Morgan fingerprint density at radius 1 is 1.53 bits per heavy atom. The second kappa shape index (κ2) is 4.42. The van der Waals surface area contributed by atoms with E-state index in [-0.39, 0.29) is 18.2 Å². The molecule has 0 radical (unpaired) electrons. The standard InChI is InChI=1S/C11H14N4O2/c1-6-10(7(2)15-14-6)13-11(16)9-4-3-8(5-12)17-9/h3-4H,5,12H2,1-2H3,(H,13,16)(H,14,15). The number of rotatable bonds is 3. The average molecular weight is 234 g/mol. The van der Waals surface area contributed by atoms with Crippen molar-refractivity contribution >= 4 is 11.6 Å². The fourth-order valence-corrected chi connectivity index (χ4v) is 1.52. The van der Waals surface area contributed by atoms with Gasteiger partial charge in [-0.1, -0.05) is 0 Å². The van der Waals surface area contributed by atoms with Crippen LogP contribution in [-0.2, 0) is 6.54 Å². The van der Waals surface area contributed by atoms with Crippen molar-refractivity contribution in [3.05, 3.63) is 35.0 Å². The second-order valence-electron chi connectivity index (χ2n) is 3.73. The van der Waals surface area contributed by atoms with E-state index in [9.17, 15) is 4.79 Å². The quantitative estimate of drug-likeness (QED) is 0.746. The largest absolute Gasteiger partial charge is 0.455 e. The zero-order chi connectivity index (χ0) is 12.4. The van der Waals surface area contributed by atoms with E-state index >= 15 is 0 Å². The molecule has 1 amide bonds. The lowest BCUT2D eigenvalue weighted by molar-refractivity contribution is 0.0995. The highest BCUT2D eigenvalue weighted by molar-refractivity contribution is 6.02. The van der Waals surface area contributed by atoms with Crippen molar-refractivity contribution in [1.29, 1.82) is 0 Å². The van der Waals surface area contributed by atoms with Gasteiger partial charge in [0, 0.05) is 0 Å². The number of anilines is 1. The predicted molar refractivity (Wildman–Crippen MR) is 62.6 cm³/mol. The zero-order valence-electron chi connectivity index (χ0n) is 9.70. The molecule has 0 saturated carbocycles. The van der Waals surface area contributed by atoms with Crippen molar-refractivity contribution < 1.29 is 9.21 Å². The highest BCUT2D eigenvalue weighted by Gasteiger charge is 2.14. The Kier molecular flexibility index (Phi) is 2.97. The summed E-state index contributed by atoms with van der Waals surface area (Å²) < 4.78 is 5.26. The SMILES string of the molecule is Cc1n[nH]c(C)c1NC(=O)c1ccc(CN)o1. The van der Waals surface area contributed by atoms with E-state index in [1.165, 1.54) is 0 Å². The van der Waals surface area contributed by atoms with Gasteiger partial charge in [0.15, 0.2) is 5.76 Å². The normalized spacial score (nSPS) is 10.5. The Bertz CT molecular complexity index is 522. The first-order valence-electron chi connectivity index (χ1n) is 5.23. The Hall–Kier alpha value is -2.08. The van der Waals surface area contributed by atoms with Crippen LogP contribution in [0.5, 0.6) is 0 Å². The van der Waals surface area contributed by atoms with Crippen LogP contribution in [0.1, 0.15) is 27.7 Å². The fraction of sp³-hybridized carbons (Fsp3) is 0.273. The summed E-state index contributed by atoms with van der Waals surface area (Å²) in [4.78, 5) is 11.9. The minimum absolute atomic E-state index is 0.241. The maximum absolute atomic E-state index is 11.9. The van der Waals surface area contributed by atoms with E-state index in [1.54, 1.807) is 12.1 Å². The summed E-state index contributed by atoms with van der Waals surface area (Å²) in [5.41, 5.74) is 7.63. The van der Waals surface area contributed by atoms with Gasteiger partial charge in [0.2, 0.25) is 0 Å². The highest BCUT2D eigenvalue weighted by Crippen LogP contribution is 2.17. The van der Waals surface area contributed by atoms with E-state index in [4.69, 9.17) is 10.2 Å². The van der Waals surface area contributed by atoms with Gasteiger partial charge >= 0.3 is 0 Å². The van der Waals surface area contributed by atoms with Gasteiger partial charge in [-0.2, -0.15) is 5.10 Å². The molecule has 17 heavy (non-hydrogen) atoms. The molecule has 0 aliphatic rings. The topological polar surface area (TPSA) is 96.9 Å². The number of H-pyrrole nitrogens is 1. The molecule has 2 rings (SSSR count). The molecule has 6 nitrogen and oxygen atoms in total. The first kappa shape index (κ1) is 11.4. The summed E-state index contributed by atoms with van der Waals surface area (Å²) in [7, 11) is 0. The molecule has 0 saturated heterocycles. The smallest absolute Gasteiger partial charge is 0.291 e. The summed E-state index contributed by atoms with van der Waals surface area (Å²) in [6.45, 7) is 3.92. The lowest BCUT2D eigenvalue weighted by atomic mass is 10.3. The number of amides is 1.